The minimum Gasteiger partial charge on any atom is -0.508 e. The lowest BCUT2D eigenvalue weighted by molar-refractivity contribution is 0.0734. The summed E-state index contributed by atoms with van der Waals surface area (Å²) in [4.78, 5) is 24.3. The molecule has 7 heteroatoms. The van der Waals surface area contributed by atoms with Crippen LogP contribution in [0.25, 0.3) is 0 Å². The van der Waals surface area contributed by atoms with Crippen molar-refractivity contribution in [3.05, 3.63) is 82.3 Å². The van der Waals surface area contributed by atoms with Crippen LogP contribution in [0.5, 0.6) is 17.2 Å². The third-order valence-corrected chi connectivity index (χ3v) is 4.29. The number of phenols is 2. The van der Waals surface area contributed by atoms with E-state index in [1.807, 2.05) is 0 Å². The molecule has 0 unspecified atom stereocenters. The minimum atomic E-state index is -0.567. The smallest absolute Gasteiger partial charge is 0.343 e. The number of carbonyl (C=O) groups is 2. The molecule has 1 amide bonds. The Morgan fingerprint density at radius 2 is 1.37 bits per heavy atom. The first-order valence-electron chi connectivity index (χ1n) is 7.83. The van der Waals surface area contributed by atoms with Gasteiger partial charge in [-0.15, -0.1) is 0 Å². The van der Waals surface area contributed by atoms with Crippen LogP contribution in [0.4, 0.5) is 5.69 Å². The number of hydrogen-bond acceptors (Lipinski definition) is 5. The van der Waals surface area contributed by atoms with Gasteiger partial charge in [0.15, 0.2) is 0 Å². The second kappa shape index (κ2) is 7.92. The third kappa shape index (κ3) is 4.65. The van der Waals surface area contributed by atoms with Crippen LogP contribution >= 0.6 is 15.9 Å². The summed E-state index contributed by atoms with van der Waals surface area (Å²) >= 11 is 3.34. The van der Waals surface area contributed by atoms with E-state index in [2.05, 4.69) is 21.2 Å². The maximum Gasteiger partial charge on any atom is 0.343 e. The van der Waals surface area contributed by atoms with Gasteiger partial charge in [0.1, 0.15) is 17.2 Å². The summed E-state index contributed by atoms with van der Waals surface area (Å²) in [7, 11) is 0. The zero-order chi connectivity index (χ0) is 19.4. The van der Waals surface area contributed by atoms with Crippen LogP contribution < -0.4 is 10.1 Å². The number of phenolic OH excluding ortho intramolecular Hbond substituents is 2. The molecule has 0 aliphatic heterocycles. The van der Waals surface area contributed by atoms with E-state index in [1.54, 1.807) is 18.2 Å². The monoisotopic (exact) mass is 427 g/mol. The third-order valence-electron chi connectivity index (χ3n) is 3.63. The average molecular weight is 428 g/mol. The van der Waals surface area contributed by atoms with E-state index in [9.17, 15) is 19.8 Å². The van der Waals surface area contributed by atoms with E-state index in [1.165, 1.54) is 48.5 Å². The number of anilines is 1. The molecule has 0 aliphatic rings. The molecule has 0 atom stereocenters. The number of carbonyl (C=O) groups excluding carboxylic acids is 2. The fourth-order valence-electron chi connectivity index (χ4n) is 2.23. The first kappa shape index (κ1) is 18.5. The number of ether oxygens (including phenoxy) is 1. The van der Waals surface area contributed by atoms with Gasteiger partial charge in [-0.25, -0.2) is 4.79 Å². The molecule has 3 aromatic carbocycles. The van der Waals surface area contributed by atoms with Gasteiger partial charge in [-0.3, -0.25) is 4.79 Å². The first-order chi connectivity index (χ1) is 12.9. The van der Waals surface area contributed by atoms with Gasteiger partial charge >= 0.3 is 5.97 Å². The molecule has 0 radical (unpaired) electrons. The fourth-order valence-corrected chi connectivity index (χ4v) is 2.69. The van der Waals surface area contributed by atoms with Crippen LogP contribution in [-0.2, 0) is 0 Å². The Kier molecular flexibility index (Phi) is 5.42. The predicted molar refractivity (Wildman–Crippen MR) is 103 cm³/mol. The summed E-state index contributed by atoms with van der Waals surface area (Å²) in [6.45, 7) is 0. The molecule has 0 aromatic heterocycles. The number of esters is 1. The van der Waals surface area contributed by atoms with Crippen LogP contribution in [0.2, 0.25) is 0 Å². The van der Waals surface area contributed by atoms with Crippen LogP contribution in [0.1, 0.15) is 20.7 Å². The van der Waals surface area contributed by atoms with Gasteiger partial charge in [-0.2, -0.15) is 0 Å². The van der Waals surface area contributed by atoms with Crippen molar-refractivity contribution in [1.82, 2.24) is 0 Å². The van der Waals surface area contributed by atoms with E-state index in [4.69, 9.17) is 4.74 Å². The Hall–Kier alpha value is -3.32. The number of rotatable bonds is 4. The van der Waals surface area contributed by atoms with Crippen molar-refractivity contribution in [1.29, 1.82) is 0 Å². The van der Waals surface area contributed by atoms with Gasteiger partial charge in [0.05, 0.1) is 11.3 Å². The number of hydrogen-bond donors (Lipinski definition) is 3. The molecule has 0 saturated heterocycles. The number of nitrogens with one attached hydrogen (secondary N) is 1. The number of halogens is 1. The lowest BCUT2D eigenvalue weighted by atomic mass is 10.2. The fraction of sp³-hybridized carbons (Fsp3) is 0. The van der Waals surface area contributed by atoms with Gasteiger partial charge in [0.2, 0.25) is 0 Å². The molecule has 0 heterocycles. The molecular weight excluding hydrogens is 414 g/mol. The Bertz CT molecular complexity index is 984. The van der Waals surface area contributed by atoms with Crippen LogP contribution in [0.15, 0.2) is 71.2 Å². The van der Waals surface area contributed by atoms with E-state index in [-0.39, 0.29) is 17.4 Å². The molecule has 0 fully saturated rings. The van der Waals surface area contributed by atoms with E-state index >= 15 is 0 Å². The standard InChI is InChI=1S/C20H14BrNO5/c21-17-11-16(27-20(26)13-3-7-15(24)8-4-13)9-10-18(17)22-19(25)12-1-5-14(23)6-2-12/h1-11,23-24H,(H,22,25). The predicted octanol–water partition coefficient (Wildman–Crippen LogP) is 4.33. The molecule has 0 bridgehead atoms. The van der Waals surface area contributed by atoms with Gasteiger partial charge in [-0.05, 0) is 82.7 Å². The van der Waals surface area contributed by atoms with Gasteiger partial charge in [0.25, 0.3) is 5.91 Å². The number of benzene rings is 3. The highest BCUT2D eigenvalue weighted by Crippen LogP contribution is 2.28. The topological polar surface area (TPSA) is 95.9 Å². The summed E-state index contributed by atoms with van der Waals surface area (Å²) in [6, 6.07) is 16.3. The molecule has 3 aromatic rings. The van der Waals surface area contributed by atoms with Gasteiger partial charge in [-0.1, -0.05) is 0 Å². The van der Waals surface area contributed by atoms with Crippen molar-refractivity contribution in [3.63, 3.8) is 0 Å². The quantitative estimate of drug-likeness (QED) is 0.425. The second-order valence-corrected chi connectivity index (χ2v) is 6.43. The van der Waals surface area contributed by atoms with Gasteiger partial charge in [0, 0.05) is 10.0 Å². The highest BCUT2D eigenvalue weighted by atomic mass is 79.9. The minimum absolute atomic E-state index is 0.0583. The normalized spacial score (nSPS) is 10.3. The Balaban J connectivity index is 1.69. The van der Waals surface area contributed by atoms with E-state index in [0.29, 0.717) is 27.0 Å². The van der Waals surface area contributed by atoms with Crippen molar-refractivity contribution >= 4 is 33.5 Å². The van der Waals surface area contributed by atoms with Crippen molar-refractivity contribution in [2.24, 2.45) is 0 Å². The van der Waals surface area contributed by atoms with Gasteiger partial charge < -0.3 is 20.3 Å². The summed E-state index contributed by atoms with van der Waals surface area (Å²) < 4.78 is 5.82. The molecule has 3 rings (SSSR count). The zero-order valence-electron chi connectivity index (χ0n) is 13.8. The van der Waals surface area contributed by atoms with Crippen LogP contribution in [0.3, 0.4) is 0 Å². The summed E-state index contributed by atoms with van der Waals surface area (Å²) in [5.74, 6) is -0.481. The molecule has 27 heavy (non-hydrogen) atoms. The molecule has 0 aliphatic carbocycles. The largest absolute Gasteiger partial charge is 0.508 e. The average Bonchev–Trinajstić information content (AvgIpc) is 2.65. The van der Waals surface area contributed by atoms with Crippen LogP contribution in [-0.4, -0.2) is 22.1 Å². The highest BCUT2D eigenvalue weighted by molar-refractivity contribution is 9.10. The molecule has 0 saturated carbocycles. The van der Waals surface area contributed by atoms with Crippen molar-refractivity contribution < 1.29 is 24.5 Å². The van der Waals surface area contributed by atoms with Crippen molar-refractivity contribution in [3.8, 4) is 17.2 Å². The maximum atomic E-state index is 12.2. The SMILES string of the molecule is O=C(Nc1ccc(OC(=O)c2ccc(O)cc2)cc1Br)c1ccc(O)cc1. The van der Waals surface area contributed by atoms with Crippen molar-refractivity contribution in [2.75, 3.05) is 5.32 Å². The zero-order valence-corrected chi connectivity index (χ0v) is 15.4. The van der Waals surface area contributed by atoms with Crippen molar-refractivity contribution in [2.45, 2.75) is 0 Å². The number of aromatic hydroxyl groups is 2. The number of amides is 1. The summed E-state index contributed by atoms with van der Waals surface area (Å²) in [5.41, 5.74) is 1.19. The lowest BCUT2D eigenvalue weighted by Crippen LogP contribution is -2.12. The Morgan fingerprint density at radius 3 is 1.93 bits per heavy atom. The van der Waals surface area contributed by atoms with E-state index < -0.39 is 5.97 Å². The highest BCUT2D eigenvalue weighted by Gasteiger charge is 2.12. The molecule has 0 spiro atoms. The molecule has 3 N–H and O–H groups in total. The Morgan fingerprint density at radius 1 is 0.815 bits per heavy atom. The molecule has 136 valence electrons. The Labute approximate surface area is 163 Å². The van der Waals surface area contributed by atoms with E-state index in [0.717, 1.165) is 0 Å². The first-order valence-corrected chi connectivity index (χ1v) is 8.63. The van der Waals surface area contributed by atoms with Crippen LogP contribution in [0, 0.1) is 0 Å². The summed E-state index contributed by atoms with van der Waals surface area (Å²) in [6.07, 6.45) is 0. The summed E-state index contributed by atoms with van der Waals surface area (Å²) in [5, 5.41) is 21.3. The molecule has 6 nitrogen and oxygen atoms in total. The second-order valence-electron chi connectivity index (χ2n) is 5.58. The lowest BCUT2D eigenvalue weighted by Gasteiger charge is -2.10. The molecular formula is C20H14BrNO5. The maximum absolute atomic E-state index is 12.2.